The van der Waals surface area contributed by atoms with E-state index < -0.39 is 6.10 Å². The predicted octanol–water partition coefficient (Wildman–Crippen LogP) is 1.72. The van der Waals surface area contributed by atoms with E-state index in [-0.39, 0.29) is 12.2 Å². The summed E-state index contributed by atoms with van der Waals surface area (Å²) in [6.07, 6.45) is 4.06. The number of aliphatic hydroxyl groups is 1. The van der Waals surface area contributed by atoms with E-state index in [1.165, 1.54) is 12.8 Å². The SMILES string of the molecule is CCCCCC#CC(O)C1OC1C. The van der Waals surface area contributed by atoms with Crippen LogP contribution in [-0.4, -0.2) is 23.4 Å². The van der Waals surface area contributed by atoms with Crippen molar-refractivity contribution in [3.63, 3.8) is 0 Å². The molecule has 3 atom stereocenters. The van der Waals surface area contributed by atoms with Crippen molar-refractivity contribution in [2.75, 3.05) is 0 Å². The lowest BCUT2D eigenvalue weighted by Crippen LogP contribution is -2.13. The van der Waals surface area contributed by atoms with Crippen molar-refractivity contribution in [3.05, 3.63) is 0 Å². The summed E-state index contributed by atoms with van der Waals surface area (Å²) in [4.78, 5) is 0. The molecule has 1 heterocycles. The standard InChI is InChI=1S/C11H18O2/c1-3-4-5-6-7-8-10(12)11-9(2)13-11/h9-12H,3-6H2,1-2H3. The number of rotatable bonds is 4. The minimum absolute atomic E-state index is 0.0290. The third kappa shape index (κ3) is 3.80. The molecule has 2 nitrogen and oxygen atoms in total. The Morgan fingerprint density at radius 1 is 1.46 bits per heavy atom. The molecule has 1 saturated heterocycles. The Labute approximate surface area is 80.3 Å². The molecular weight excluding hydrogens is 164 g/mol. The highest BCUT2D eigenvalue weighted by Gasteiger charge is 2.39. The molecule has 0 aromatic rings. The van der Waals surface area contributed by atoms with Gasteiger partial charge in [0.05, 0.1) is 6.10 Å². The first-order chi connectivity index (χ1) is 6.25. The van der Waals surface area contributed by atoms with Gasteiger partial charge in [-0.2, -0.15) is 0 Å². The first kappa shape index (κ1) is 10.6. The minimum Gasteiger partial charge on any atom is -0.378 e. The molecule has 0 saturated carbocycles. The quantitative estimate of drug-likeness (QED) is 0.408. The fourth-order valence-electron chi connectivity index (χ4n) is 1.26. The number of hydrogen-bond acceptors (Lipinski definition) is 2. The molecule has 1 fully saturated rings. The fraction of sp³-hybridized carbons (Fsp3) is 0.818. The molecule has 1 aliphatic rings. The molecule has 0 spiro atoms. The first-order valence-electron chi connectivity index (χ1n) is 5.07. The van der Waals surface area contributed by atoms with Crippen LogP contribution in [0.1, 0.15) is 39.5 Å². The maximum atomic E-state index is 9.42. The number of hydrogen-bond donors (Lipinski definition) is 1. The van der Waals surface area contributed by atoms with Gasteiger partial charge in [0.25, 0.3) is 0 Å². The summed E-state index contributed by atoms with van der Waals surface area (Å²) in [6, 6.07) is 0. The second kappa shape index (κ2) is 5.26. The molecule has 3 unspecified atom stereocenters. The molecule has 0 aromatic heterocycles. The van der Waals surface area contributed by atoms with Crippen molar-refractivity contribution in [2.45, 2.75) is 57.8 Å². The van der Waals surface area contributed by atoms with Crippen LogP contribution in [-0.2, 0) is 4.74 Å². The monoisotopic (exact) mass is 182 g/mol. The third-order valence-corrected chi connectivity index (χ3v) is 2.22. The Kier molecular flexibility index (Phi) is 4.27. The van der Waals surface area contributed by atoms with Crippen LogP contribution in [0.2, 0.25) is 0 Å². The van der Waals surface area contributed by atoms with Gasteiger partial charge in [0.15, 0.2) is 0 Å². The van der Waals surface area contributed by atoms with E-state index in [0.29, 0.717) is 0 Å². The zero-order valence-electron chi connectivity index (χ0n) is 8.42. The molecule has 0 amide bonds. The van der Waals surface area contributed by atoms with Crippen LogP contribution in [0.3, 0.4) is 0 Å². The normalized spacial score (nSPS) is 27.6. The van der Waals surface area contributed by atoms with Crippen LogP contribution in [0.15, 0.2) is 0 Å². The second-order valence-corrected chi connectivity index (χ2v) is 3.53. The minimum atomic E-state index is -0.573. The fourth-order valence-corrected chi connectivity index (χ4v) is 1.26. The summed E-state index contributed by atoms with van der Waals surface area (Å²) in [5.41, 5.74) is 0. The lowest BCUT2D eigenvalue weighted by Gasteiger charge is -1.95. The van der Waals surface area contributed by atoms with Crippen LogP contribution in [0.5, 0.6) is 0 Å². The highest BCUT2D eigenvalue weighted by atomic mass is 16.6. The van der Waals surface area contributed by atoms with Gasteiger partial charge < -0.3 is 9.84 Å². The average Bonchev–Trinajstić information content (AvgIpc) is 2.82. The van der Waals surface area contributed by atoms with Gasteiger partial charge in [-0.3, -0.25) is 0 Å². The Hall–Kier alpha value is -0.520. The molecule has 0 bridgehead atoms. The number of unbranched alkanes of at least 4 members (excludes halogenated alkanes) is 3. The topological polar surface area (TPSA) is 32.8 Å². The van der Waals surface area contributed by atoms with E-state index in [2.05, 4.69) is 18.8 Å². The van der Waals surface area contributed by atoms with Crippen LogP contribution in [0.25, 0.3) is 0 Å². The lowest BCUT2D eigenvalue weighted by molar-refractivity contribution is 0.185. The molecule has 1 aliphatic heterocycles. The summed E-state index contributed by atoms with van der Waals surface area (Å²) >= 11 is 0. The molecule has 0 aliphatic carbocycles. The second-order valence-electron chi connectivity index (χ2n) is 3.53. The van der Waals surface area contributed by atoms with Crippen LogP contribution in [0, 0.1) is 11.8 Å². The maximum absolute atomic E-state index is 9.42. The molecular formula is C11H18O2. The molecule has 0 aromatic carbocycles. The van der Waals surface area contributed by atoms with Crippen molar-refractivity contribution < 1.29 is 9.84 Å². The van der Waals surface area contributed by atoms with Crippen molar-refractivity contribution in [2.24, 2.45) is 0 Å². The van der Waals surface area contributed by atoms with E-state index in [4.69, 9.17) is 4.74 Å². The summed E-state index contributed by atoms with van der Waals surface area (Å²) in [5.74, 6) is 5.80. The Bertz CT molecular complexity index is 202. The summed E-state index contributed by atoms with van der Waals surface area (Å²) < 4.78 is 5.10. The average molecular weight is 182 g/mol. The molecule has 2 heteroatoms. The van der Waals surface area contributed by atoms with Crippen molar-refractivity contribution in [3.8, 4) is 11.8 Å². The zero-order chi connectivity index (χ0) is 9.68. The van der Waals surface area contributed by atoms with Crippen molar-refractivity contribution in [1.82, 2.24) is 0 Å². The molecule has 0 radical (unpaired) electrons. The van der Waals surface area contributed by atoms with Gasteiger partial charge in [-0.15, -0.1) is 5.92 Å². The van der Waals surface area contributed by atoms with E-state index >= 15 is 0 Å². The predicted molar refractivity (Wildman–Crippen MR) is 52.3 cm³/mol. The number of ether oxygens (including phenoxy) is 1. The van der Waals surface area contributed by atoms with Crippen LogP contribution >= 0.6 is 0 Å². The molecule has 74 valence electrons. The van der Waals surface area contributed by atoms with Crippen molar-refractivity contribution >= 4 is 0 Å². The molecule has 13 heavy (non-hydrogen) atoms. The number of aliphatic hydroxyl groups excluding tert-OH is 1. The Balaban J connectivity index is 2.08. The van der Waals surface area contributed by atoms with Crippen LogP contribution < -0.4 is 0 Å². The summed E-state index contributed by atoms with van der Waals surface area (Å²) in [7, 11) is 0. The zero-order valence-corrected chi connectivity index (χ0v) is 8.42. The first-order valence-corrected chi connectivity index (χ1v) is 5.07. The lowest BCUT2D eigenvalue weighted by atomic mass is 10.2. The van der Waals surface area contributed by atoms with Gasteiger partial charge in [-0.25, -0.2) is 0 Å². The smallest absolute Gasteiger partial charge is 0.143 e. The van der Waals surface area contributed by atoms with E-state index in [1.807, 2.05) is 6.92 Å². The van der Waals surface area contributed by atoms with Gasteiger partial charge in [-0.1, -0.05) is 25.7 Å². The van der Waals surface area contributed by atoms with E-state index in [1.54, 1.807) is 0 Å². The van der Waals surface area contributed by atoms with Crippen LogP contribution in [0.4, 0.5) is 0 Å². The van der Waals surface area contributed by atoms with Gasteiger partial charge in [-0.05, 0) is 13.3 Å². The van der Waals surface area contributed by atoms with Gasteiger partial charge in [0, 0.05) is 6.42 Å². The van der Waals surface area contributed by atoms with Gasteiger partial charge in [0.2, 0.25) is 0 Å². The largest absolute Gasteiger partial charge is 0.378 e. The highest BCUT2D eigenvalue weighted by Crippen LogP contribution is 2.23. The van der Waals surface area contributed by atoms with Gasteiger partial charge >= 0.3 is 0 Å². The summed E-state index contributed by atoms with van der Waals surface area (Å²) in [6.45, 7) is 4.12. The van der Waals surface area contributed by atoms with Crippen molar-refractivity contribution in [1.29, 1.82) is 0 Å². The van der Waals surface area contributed by atoms with E-state index in [9.17, 15) is 5.11 Å². The number of epoxide rings is 1. The van der Waals surface area contributed by atoms with Gasteiger partial charge in [0.1, 0.15) is 12.2 Å². The molecule has 1 N–H and O–H groups in total. The highest BCUT2D eigenvalue weighted by molar-refractivity contribution is 5.10. The third-order valence-electron chi connectivity index (χ3n) is 2.22. The Morgan fingerprint density at radius 3 is 2.69 bits per heavy atom. The van der Waals surface area contributed by atoms with E-state index in [0.717, 1.165) is 12.8 Å². The molecule has 1 rings (SSSR count). The summed E-state index contributed by atoms with van der Waals surface area (Å²) in [5, 5.41) is 9.42. The maximum Gasteiger partial charge on any atom is 0.143 e. The Morgan fingerprint density at radius 2 is 2.15 bits per heavy atom.